The highest BCUT2D eigenvalue weighted by molar-refractivity contribution is 5.96. The van der Waals surface area contributed by atoms with E-state index in [2.05, 4.69) is 0 Å². The highest BCUT2D eigenvalue weighted by Gasteiger charge is 2.60. The molecule has 0 radical (unpaired) electrons. The number of fused-ring (bicyclic) bond motifs is 2. The summed E-state index contributed by atoms with van der Waals surface area (Å²) in [7, 11) is 0. The average Bonchev–Trinajstić information content (AvgIpc) is 2.85. The van der Waals surface area contributed by atoms with E-state index in [0.717, 1.165) is 12.8 Å². The van der Waals surface area contributed by atoms with Crippen LogP contribution in [-0.4, -0.2) is 38.7 Å². The van der Waals surface area contributed by atoms with Gasteiger partial charge in [-0.15, -0.1) is 0 Å². The minimum Gasteiger partial charge on any atom is -0.464 e. The van der Waals surface area contributed by atoms with Gasteiger partial charge in [-0.3, -0.25) is 4.79 Å². The first-order valence-corrected chi connectivity index (χ1v) is 6.29. The van der Waals surface area contributed by atoms with Gasteiger partial charge in [-0.25, -0.2) is 14.8 Å². The third kappa shape index (κ3) is 1.25. The molecule has 5 heteroatoms. The summed E-state index contributed by atoms with van der Waals surface area (Å²) < 4.78 is 0. The lowest BCUT2D eigenvalue weighted by atomic mass is 9.89. The van der Waals surface area contributed by atoms with E-state index in [0.29, 0.717) is 11.8 Å². The topological polar surface area (TPSA) is 60.9 Å². The monoisotopic (exact) mass is 238 g/mol. The van der Waals surface area contributed by atoms with Crippen LogP contribution in [0.15, 0.2) is 0 Å². The number of hydrazine groups is 1. The molecule has 3 atom stereocenters. The van der Waals surface area contributed by atoms with Crippen molar-refractivity contribution in [2.75, 3.05) is 0 Å². The summed E-state index contributed by atoms with van der Waals surface area (Å²) in [6.07, 6.45) is 3.53. The molecule has 0 aromatic heterocycles. The summed E-state index contributed by atoms with van der Waals surface area (Å²) >= 11 is 0. The van der Waals surface area contributed by atoms with Gasteiger partial charge in [0.2, 0.25) is 0 Å². The Hall–Kier alpha value is -1.26. The molecular formula is C12H18N2O3. The number of carboxylic acid groups (broad SMARTS) is 1. The Bertz CT molecular complexity index is 393. The van der Waals surface area contributed by atoms with Gasteiger partial charge in [0, 0.05) is 0 Å². The van der Waals surface area contributed by atoms with E-state index >= 15 is 0 Å². The number of rotatable bonds is 1. The smallest absolute Gasteiger partial charge is 0.427 e. The predicted octanol–water partition coefficient (Wildman–Crippen LogP) is 1.69. The second-order valence-electron chi connectivity index (χ2n) is 6.05. The molecule has 1 heterocycles. The van der Waals surface area contributed by atoms with Crippen LogP contribution in [0.25, 0.3) is 0 Å². The lowest BCUT2D eigenvalue weighted by Crippen LogP contribution is -2.78. The molecule has 1 saturated heterocycles. The normalized spacial score (nSPS) is 38.5. The molecule has 5 nitrogen and oxygen atoms in total. The van der Waals surface area contributed by atoms with Crippen LogP contribution in [0.4, 0.5) is 4.79 Å². The minimum absolute atomic E-state index is 0.0440. The fourth-order valence-electron chi connectivity index (χ4n) is 3.83. The van der Waals surface area contributed by atoms with Crippen molar-refractivity contribution in [2.24, 2.45) is 11.8 Å². The van der Waals surface area contributed by atoms with E-state index in [-0.39, 0.29) is 11.9 Å². The Morgan fingerprint density at radius 1 is 1.35 bits per heavy atom. The molecule has 3 unspecified atom stereocenters. The Kier molecular flexibility index (Phi) is 2.01. The molecule has 2 bridgehead atoms. The van der Waals surface area contributed by atoms with E-state index in [4.69, 9.17) is 0 Å². The van der Waals surface area contributed by atoms with Gasteiger partial charge in [0.1, 0.15) is 5.54 Å². The molecule has 0 aromatic rings. The first-order valence-electron chi connectivity index (χ1n) is 6.29. The Balaban J connectivity index is 1.84. The van der Waals surface area contributed by atoms with E-state index in [1.807, 2.05) is 0 Å². The standard InChI is InChI=1S/C12H18N2O3/c1-12(2)10(15)13(14(12)11(16)17)9-6-7-3-4-8(9)5-7/h7-9H,3-6H2,1-2H3,(H,16,17). The van der Waals surface area contributed by atoms with Crippen LogP contribution >= 0.6 is 0 Å². The second kappa shape index (κ2) is 3.15. The Morgan fingerprint density at radius 2 is 2.06 bits per heavy atom. The van der Waals surface area contributed by atoms with Crippen molar-refractivity contribution in [1.29, 1.82) is 0 Å². The fraction of sp³-hybridized carbons (Fsp3) is 0.833. The number of amides is 2. The van der Waals surface area contributed by atoms with E-state index in [9.17, 15) is 14.7 Å². The molecular weight excluding hydrogens is 220 g/mol. The lowest BCUT2D eigenvalue weighted by Gasteiger charge is -2.57. The summed E-state index contributed by atoms with van der Waals surface area (Å²) in [6.45, 7) is 3.35. The van der Waals surface area contributed by atoms with E-state index in [1.54, 1.807) is 13.8 Å². The fourth-order valence-corrected chi connectivity index (χ4v) is 3.83. The number of carbonyl (C=O) groups is 2. The van der Waals surface area contributed by atoms with Gasteiger partial charge in [0.05, 0.1) is 6.04 Å². The van der Waals surface area contributed by atoms with Crippen molar-refractivity contribution in [3.05, 3.63) is 0 Å². The van der Waals surface area contributed by atoms with Crippen LogP contribution < -0.4 is 0 Å². The van der Waals surface area contributed by atoms with Gasteiger partial charge in [-0.2, -0.15) is 0 Å². The summed E-state index contributed by atoms with van der Waals surface area (Å²) in [5.41, 5.74) is -0.881. The number of carbonyl (C=O) groups excluding carboxylic acids is 1. The molecule has 2 saturated carbocycles. The Labute approximate surface area is 100 Å². The molecule has 0 aromatic carbocycles. The van der Waals surface area contributed by atoms with Gasteiger partial charge in [-0.1, -0.05) is 6.42 Å². The zero-order chi connectivity index (χ0) is 12.4. The van der Waals surface area contributed by atoms with Crippen molar-refractivity contribution in [3.63, 3.8) is 0 Å². The van der Waals surface area contributed by atoms with Gasteiger partial charge < -0.3 is 5.11 Å². The SMILES string of the molecule is CC1(C)C(=O)N(C2CC3CCC2C3)N1C(=O)O. The molecule has 17 heavy (non-hydrogen) atoms. The highest BCUT2D eigenvalue weighted by Crippen LogP contribution is 2.50. The maximum absolute atomic E-state index is 12.1. The van der Waals surface area contributed by atoms with Crippen LogP contribution in [0.1, 0.15) is 39.5 Å². The summed E-state index contributed by atoms with van der Waals surface area (Å²) in [5, 5.41) is 11.9. The van der Waals surface area contributed by atoms with E-state index < -0.39 is 11.6 Å². The molecule has 0 spiro atoms. The number of hydrogen-bond donors (Lipinski definition) is 1. The van der Waals surface area contributed by atoms with Crippen LogP contribution in [-0.2, 0) is 4.79 Å². The first kappa shape index (κ1) is 10.9. The average molecular weight is 238 g/mol. The largest absolute Gasteiger partial charge is 0.464 e. The summed E-state index contributed by atoms with van der Waals surface area (Å²) in [6, 6.07) is 0.130. The van der Waals surface area contributed by atoms with Crippen molar-refractivity contribution in [2.45, 2.75) is 51.1 Å². The Morgan fingerprint density at radius 3 is 2.53 bits per heavy atom. The maximum atomic E-state index is 12.1. The molecule has 1 N–H and O–H groups in total. The third-order valence-corrected chi connectivity index (χ3v) is 4.67. The number of nitrogens with zero attached hydrogens (tertiary/aromatic N) is 2. The van der Waals surface area contributed by atoms with Crippen molar-refractivity contribution in [1.82, 2.24) is 10.0 Å². The zero-order valence-corrected chi connectivity index (χ0v) is 10.2. The van der Waals surface area contributed by atoms with Crippen LogP contribution in [0.2, 0.25) is 0 Å². The van der Waals surface area contributed by atoms with Crippen molar-refractivity contribution < 1.29 is 14.7 Å². The van der Waals surface area contributed by atoms with Gasteiger partial charge in [0.25, 0.3) is 5.91 Å². The zero-order valence-electron chi connectivity index (χ0n) is 10.2. The van der Waals surface area contributed by atoms with Crippen molar-refractivity contribution >= 4 is 12.0 Å². The van der Waals surface area contributed by atoms with E-state index in [1.165, 1.54) is 22.9 Å². The van der Waals surface area contributed by atoms with Crippen LogP contribution in [0, 0.1) is 11.8 Å². The third-order valence-electron chi connectivity index (χ3n) is 4.67. The summed E-state index contributed by atoms with van der Waals surface area (Å²) in [4.78, 5) is 23.3. The minimum atomic E-state index is -1.02. The highest BCUT2D eigenvalue weighted by atomic mass is 16.4. The molecule has 2 aliphatic carbocycles. The van der Waals surface area contributed by atoms with Gasteiger partial charge in [-0.05, 0) is 44.9 Å². The predicted molar refractivity (Wildman–Crippen MR) is 60.0 cm³/mol. The molecule has 94 valence electrons. The summed E-state index contributed by atoms with van der Waals surface area (Å²) in [5.74, 6) is 1.18. The van der Waals surface area contributed by atoms with Crippen LogP contribution in [0.5, 0.6) is 0 Å². The second-order valence-corrected chi connectivity index (χ2v) is 6.05. The molecule has 3 aliphatic rings. The van der Waals surface area contributed by atoms with Gasteiger partial charge in [0.15, 0.2) is 0 Å². The maximum Gasteiger partial charge on any atom is 0.427 e. The van der Waals surface area contributed by atoms with Gasteiger partial charge >= 0.3 is 6.09 Å². The van der Waals surface area contributed by atoms with Crippen molar-refractivity contribution in [3.8, 4) is 0 Å². The molecule has 3 rings (SSSR count). The first-order chi connectivity index (χ1) is 7.93. The molecule has 2 amide bonds. The quantitative estimate of drug-likeness (QED) is 0.756. The number of hydrogen-bond acceptors (Lipinski definition) is 2. The lowest BCUT2D eigenvalue weighted by molar-refractivity contribution is -0.215. The molecule has 1 aliphatic heterocycles. The molecule has 3 fully saturated rings. The van der Waals surface area contributed by atoms with Crippen LogP contribution in [0.3, 0.4) is 0 Å².